The Morgan fingerprint density at radius 2 is 1.69 bits per heavy atom. The number of rotatable bonds is 6. The molecule has 0 aliphatic heterocycles. The molecule has 2 aromatic carbocycles. The highest BCUT2D eigenvalue weighted by atomic mass is 35.5. The summed E-state index contributed by atoms with van der Waals surface area (Å²) < 4.78 is 7.22. The van der Waals surface area contributed by atoms with Crippen LogP contribution >= 0.6 is 23.2 Å². The van der Waals surface area contributed by atoms with Gasteiger partial charge in [0.1, 0.15) is 6.04 Å². The predicted octanol–water partition coefficient (Wildman–Crippen LogP) is 2.91. The lowest BCUT2D eigenvalue weighted by atomic mass is 10.0. The molecule has 1 N–H and O–H groups in total. The van der Waals surface area contributed by atoms with Crippen LogP contribution in [0.25, 0.3) is 16.7 Å². The van der Waals surface area contributed by atoms with Gasteiger partial charge in [0.15, 0.2) is 5.52 Å². The van der Waals surface area contributed by atoms with Crippen molar-refractivity contribution < 1.29 is 14.3 Å². The summed E-state index contributed by atoms with van der Waals surface area (Å²) in [6, 6.07) is 13.3. The molecular formula is C25H20Cl2N4O5. The van der Waals surface area contributed by atoms with Gasteiger partial charge >= 0.3 is 11.7 Å². The molecule has 36 heavy (non-hydrogen) atoms. The third kappa shape index (κ3) is 4.75. The van der Waals surface area contributed by atoms with Crippen LogP contribution in [0.3, 0.4) is 0 Å². The molecule has 4 rings (SSSR count). The van der Waals surface area contributed by atoms with E-state index in [2.05, 4.69) is 10.3 Å². The summed E-state index contributed by atoms with van der Waals surface area (Å²) in [7, 11) is 2.77. The predicted molar refractivity (Wildman–Crippen MR) is 136 cm³/mol. The highest BCUT2D eigenvalue weighted by Gasteiger charge is 2.25. The number of hydrogen-bond donors (Lipinski definition) is 1. The van der Waals surface area contributed by atoms with Gasteiger partial charge in [-0.3, -0.25) is 14.2 Å². The molecule has 0 aliphatic rings. The van der Waals surface area contributed by atoms with Crippen LogP contribution in [0.1, 0.15) is 15.9 Å². The maximum absolute atomic E-state index is 13.0. The van der Waals surface area contributed by atoms with E-state index in [1.54, 1.807) is 49.5 Å². The molecule has 0 saturated carbocycles. The lowest BCUT2D eigenvalue weighted by Gasteiger charge is -2.18. The normalized spacial score (nSPS) is 11.8. The van der Waals surface area contributed by atoms with E-state index >= 15 is 0 Å². The smallest absolute Gasteiger partial charge is 0.335 e. The number of fused-ring (bicyclic) bond motifs is 1. The van der Waals surface area contributed by atoms with E-state index in [0.717, 1.165) is 4.57 Å². The third-order valence-electron chi connectivity index (χ3n) is 5.65. The zero-order valence-electron chi connectivity index (χ0n) is 19.2. The summed E-state index contributed by atoms with van der Waals surface area (Å²) in [5, 5.41) is 2.89. The summed E-state index contributed by atoms with van der Waals surface area (Å²) in [5.41, 5.74) is 0.542. The number of benzene rings is 2. The minimum absolute atomic E-state index is 0.0465. The Balaban J connectivity index is 1.63. The Kier molecular flexibility index (Phi) is 7.23. The summed E-state index contributed by atoms with van der Waals surface area (Å²) >= 11 is 12.2. The first-order valence-corrected chi connectivity index (χ1v) is 11.5. The molecule has 0 unspecified atom stereocenters. The molecule has 0 bridgehead atoms. The van der Waals surface area contributed by atoms with Crippen molar-refractivity contribution in [3.05, 3.63) is 103 Å². The number of hydrogen-bond acceptors (Lipinski definition) is 6. The summed E-state index contributed by atoms with van der Waals surface area (Å²) in [6.45, 7) is 0. The van der Waals surface area contributed by atoms with E-state index in [4.69, 9.17) is 27.9 Å². The van der Waals surface area contributed by atoms with Crippen molar-refractivity contribution in [2.45, 2.75) is 12.5 Å². The molecule has 2 aromatic heterocycles. The fraction of sp³-hybridized carbons (Fsp3) is 0.160. The largest absolute Gasteiger partial charge is 0.467 e. The Bertz CT molecular complexity index is 1580. The van der Waals surface area contributed by atoms with E-state index in [9.17, 15) is 19.2 Å². The number of carbonyl (C=O) groups is 2. The topological polar surface area (TPSA) is 112 Å². The van der Waals surface area contributed by atoms with Crippen LogP contribution in [0.5, 0.6) is 0 Å². The Hall–Kier alpha value is -3.95. The fourth-order valence-electron chi connectivity index (χ4n) is 3.80. The second-order valence-electron chi connectivity index (χ2n) is 7.87. The van der Waals surface area contributed by atoms with Gasteiger partial charge in [0.25, 0.3) is 11.5 Å². The van der Waals surface area contributed by atoms with Crippen molar-refractivity contribution in [2.24, 2.45) is 7.05 Å². The molecule has 0 aliphatic carbocycles. The summed E-state index contributed by atoms with van der Waals surface area (Å²) in [4.78, 5) is 55.1. The van der Waals surface area contributed by atoms with Gasteiger partial charge in [-0.05, 0) is 42.0 Å². The number of aromatic nitrogens is 3. The van der Waals surface area contributed by atoms with Crippen LogP contribution < -0.4 is 16.6 Å². The van der Waals surface area contributed by atoms with Crippen molar-refractivity contribution in [3.63, 3.8) is 0 Å². The van der Waals surface area contributed by atoms with Gasteiger partial charge in [-0.1, -0.05) is 41.4 Å². The molecule has 184 valence electrons. The quantitative estimate of drug-likeness (QED) is 0.386. The second-order valence-corrected chi connectivity index (χ2v) is 8.68. The average molecular weight is 527 g/mol. The molecule has 9 nitrogen and oxygen atoms in total. The molecule has 0 saturated heterocycles. The fourth-order valence-corrected chi connectivity index (χ4v) is 4.37. The van der Waals surface area contributed by atoms with Crippen LogP contribution in [0, 0.1) is 0 Å². The minimum Gasteiger partial charge on any atom is -0.467 e. The molecular weight excluding hydrogens is 507 g/mol. The van der Waals surface area contributed by atoms with Gasteiger partial charge in [0, 0.05) is 19.7 Å². The first-order chi connectivity index (χ1) is 17.2. The van der Waals surface area contributed by atoms with Gasteiger partial charge in [-0.15, -0.1) is 0 Å². The van der Waals surface area contributed by atoms with Gasteiger partial charge in [0.2, 0.25) is 0 Å². The molecule has 2 heterocycles. The highest BCUT2D eigenvalue weighted by Crippen LogP contribution is 2.24. The molecule has 0 radical (unpaired) electrons. The van der Waals surface area contributed by atoms with E-state index in [1.165, 1.54) is 30.0 Å². The molecule has 0 spiro atoms. The number of amides is 1. The minimum atomic E-state index is -1.04. The number of halogens is 2. The Morgan fingerprint density at radius 3 is 2.33 bits per heavy atom. The zero-order chi connectivity index (χ0) is 26.0. The van der Waals surface area contributed by atoms with Gasteiger partial charge in [-0.25, -0.2) is 19.1 Å². The average Bonchev–Trinajstić information content (AvgIpc) is 2.87. The van der Waals surface area contributed by atoms with E-state index in [1.807, 2.05) is 0 Å². The van der Waals surface area contributed by atoms with Crippen molar-refractivity contribution in [1.82, 2.24) is 19.4 Å². The van der Waals surface area contributed by atoms with Gasteiger partial charge < -0.3 is 10.1 Å². The van der Waals surface area contributed by atoms with Crippen LogP contribution in [0.4, 0.5) is 0 Å². The Morgan fingerprint density at radius 1 is 1.03 bits per heavy atom. The van der Waals surface area contributed by atoms with Crippen LogP contribution in [-0.2, 0) is 23.0 Å². The van der Waals surface area contributed by atoms with Crippen molar-refractivity contribution in [1.29, 1.82) is 0 Å². The van der Waals surface area contributed by atoms with Crippen LogP contribution in [-0.4, -0.2) is 39.1 Å². The van der Waals surface area contributed by atoms with Crippen molar-refractivity contribution in [2.75, 3.05) is 7.11 Å². The van der Waals surface area contributed by atoms with E-state index < -0.39 is 29.2 Å². The number of pyridine rings is 1. The number of methoxy groups -OCH3 is 1. The highest BCUT2D eigenvalue weighted by molar-refractivity contribution is 6.39. The molecule has 1 amide bonds. The second kappa shape index (κ2) is 10.3. The van der Waals surface area contributed by atoms with E-state index in [-0.39, 0.29) is 27.5 Å². The molecule has 11 heteroatoms. The first kappa shape index (κ1) is 25.2. The van der Waals surface area contributed by atoms with Crippen molar-refractivity contribution in [3.8, 4) is 5.69 Å². The number of carbonyl (C=O) groups excluding carboxylic acids is 2. The number of nitrogens with one attached hydrogen (secondary N) is 1. The number of aryl methyl sites for hydroxylation is 1. The lowest BCUT2D eigenvalue weighted by molar-refractivity contribution is -0.142. The van der Waals surface area contributed by atoms with Crippen LogP contribution in [0.2, 0.25) is 10.0 Å². The first-order valence-electron chi connectivity index (χ1n) is 10.7. The monoisotopic (exact) mass is 526 g/mol. The standard InChI is InChI=1S/C25H20Cl2N4O5/c1-30-19-7-4-12-28-21(19)23(33)31(25(30)35)15-10-8-14(9-11-15)13-18(24(34)36-2)29-22(32)20-16(26)5-3-6-17(20)27/h3-12,18H,13H2,1-2H3,(H,29,32)/t18-/m0/s1. The maximum atomic E-state index is 13.0. The van der Waals surface area contributed by atoms with Crippen LogP contribution in [0.15, 0.2) is 70.4 Å². The molecule has 4 aromatic rings. The molecule has 1 atom stereocenters. The van der Waals surface area contributed by atoms with Gasteiger partial charge in [0.05, 0.1) is 33.9 Å². The van der Waals surface area contributed by atoms with Gasteiger partial charge in [-0.2, -0.15) is 0 Å². The third-order valence-corrected chi connectivity index (χ3v) is 6.28. The Labute approximate surface area is 214 Å². The van der Waals surface area contributed by atoms with E-state index in [0.29, 0.717) is 16.8 Å². The van der Waals surface area contributed by atoms with Crippen molar-refractivity contribution >= 4 is 46.1 Å². The number of nitrogens with zero attached hydrogens (tertiary/aromatic N) is 3. The number of ether oxygens (including phenoxy) is 1. The summed E-state index contributed by atoms with van der Waals surface area (Å²) in [6.07, 6.45) is 1.56. The zero-order valence-corrected chi connectivity index (χ0v) is 20.7. The SMILES string of the molecule is COC(=O)[C@H](Cc1ccc(-n2c(=O)c3ncccc3n(C)c2=O)cc1)NC(=O)c1c(Cl)cccc1Cl. The maximum Gasteiger partial charge on any atom is 0.335 e. The summed E-state index contributed by atoms with van der Waals surface area (Å²) in [5.74, 6) is -1.29. The lowest BCUT2D eigenvalue weighted by Crippen LogP contribution is -2.43. The number of esters is 1. The molecule has 0 fully saturated rings.